The van der Waals surface area contributed by atoms with Crippen molar-refractivity contribution >= 4 is 15.9 Å². The summed E-state index contributed by atoms with van der Waals surface area (Å²) < 4.78 is 1.26. The summed E-state index contributed by atoms with van der Waals surface area (Å²) in [6.07, 6.45) is 2.58. The van der Waals surface area contributed by atoms with Crippen molar-refractivity contribution in [3.63, 3.8) is 0 Å². The van der Waals surface area contributed by atoms with Crippen LogP contribution in [0.4, 0.5) is 0 Å². The molecule has 1 nitrogen and oxygen atoms in total. The van der Waals surface area contributed by atoms with E-state index in [0.717, 1.165) is 19.0 Å². The third-order valence-corrected chi connectivity index (χ3v) is 4.94. The number of hydrogen-bond donors (Lipinski definition) is 1. The van der Waals surface area contributed by atoms with Crippen LogP contribution in [0, 0.1) is 11.3 Å². The first-order valence-electron chi connectivity index (χ1n) is 6.98. The van der Waals surface area contributed by atoms with Gasteiger partial charge in [0.1, 0.15) is 0 Å². The van der Waals surface area contributed by atoms with Crippen molar-refractivity contribution in [3.05, 3.63) is 34.3 Å². The van der Waals surface area contributed by atoms with Gasteiger partial charge in [-0.15, -0.1) is 0 Å². The Morgan fingerprint density at radius 3 is 2.78 bits per heavy atom. The van der Waals surface area contributed by atoms with Gasteiger partial charge >= 0.3 is 0 Å². The maximum Gasteiger partial charge on any atom is 0.0210 e. The molecular weight excluding hydrogens is 286 g/mol. The molecule has 0 amide bonds. The lowest BCUT2D eigenvalue weighted by Crippen LogP contribution is -2.42. The van der Waals surface area contributed by atoms with E-state index in [1.54, 1.807) is 0 Å². The molecule has 100 valence electrons. The zero-order valence-electron chi connectivity index (χ0n) is 11.7. The highest BCUT2D eigenvalue weighted by Crippen LogP contribution is 2.46. The van der Waals surface area contributed by atoms with E-state index in [2.05, 4.69) is 66.3 Å². The largest absolute Gasteiger partial charge is 0.316 e. The number of hydrogen-bond acceptors (Lipinski definition) is 1. The third kappa shape index (κ3) is 2.97. The number of nitrogens with one attached hydrogen (secondary N) is 1. The van der Waals surface area contributed by atoms with Gasteiger partial charge in [-0.3, -0.25) is 0 Å². The molecule has 2 heteroatoms. The van der Waals surface area contributed by atoms with E-state index in [0.29, 0.717) is 11.3 Å². The highest BCUT2D eigenvalue weighted by Gasteiger charge is 2.38. The van der Waals surface area contributed by atoms with Gasteiger partial charge in [0.05, 0.1) is 0 Å². The smallest absolute Gasteiger partial charge is 0.0210 e. The minimum atomic E-state index is 0.420. The normalized spacial score (nSPS) is 28.6. The summed E-state index contributed by atoms with van der Waals surface area (Å²) in [7, 11) is 0. The number of piperidine rings is 1. The first-order valence-corrected chi connectivity index (χ1v) is 7.77. The van der Waals surface area contributed by atoms with E-state index in [1.165, 1.54) is 22.9 Å². The molecule has 2 rings (SSSR count). The molecule has 1 fully saturated rings. The summed E-state index contributed by atoms with van der Waals surface area (Å²) in [6, 6.07) is 8.70. The predicted octanol–water partition coefficient (Wildman–Crippen LogP) is 4.58. The van der Waals surface area contributed by atoms with Crippen LogP contribution in [-0.2, 0) is 0 Å². The van der Waals surface area contributed by atoms with Crippen LogP contribution < -0.4 is 5.32 Å². The third-order valence-electron chi connectivity index (χ3n) is 4.22. The van der Waals surface area contributed by atoms with E-state index in [9.17, 15) is 0 Å². The van der Waals surface area contributed by atoms with Crippen LogP contribution >= 0.6 is 15.9 Å². The zero-order valence-corrected chi connectivity index (χ0v) is 13.3. The average molecular weight is 310 g/mol. The van der Waals surface area contributed by atoms with Crippen molar-refractivity contribution in [2.24, 2.45) is 11.3 Å². The van der Waals surface area contributed by atoms with Crippen LogP contribution in [0.2, 0.25) is 0 Å². The van der Waals surface area contributed by atoms with Gasteiger partial charge in [0.2, 0.25) is 0 Å². The SMILES string of the molecule is CC(C)CC1(C)CCNCC1c1ccccc1Br. The van der Waals surface area contributed by atoms with E-state index in [4.69, 9.17) is 0 Å². The molecule has 1 saturated heterocycles. The Kier molecular flexibility index (Phi) is 4.50. The van der Waals surface area contributed by atoms with Crippen LogP contribution in [0.5, 0.6) is 0 Å². The minimum absolute atomic E-state index is 0.420. The van der Waals surface area contributed by atoms with Crippen LogP contribution in [0.1, 0.15) is 45.1 Å². The Bertz CT molecular complexity index is 402. The fraction of sp³-hybridized carbons (Fsp3) is 0.625. The number of rotatable bonds is 3. The highest BCUT2D eigenvalue weighted by atomic mass is 79.9. The second-order valence-electron chi connectivity index (χ2n) is 6.28. The number of benzene rings is 1. The molecule has 0 aromatic heterocycles. The molecule has 1 aliphatic rings. The Labute approximate surface area is 119 Å². The molecule has 1 aliphatic heterocycles. The van der Waals surface area contributed by atoms with Gasteiger partial charge in [-0.1, -0.05) is 54.9 Å². The predicted molar refractivity (Wildman–Crippen MR) is 81.9 cm³/mol. The topological polar surface area (TPSA) is 12.0 Å². The zero-order chi connectivity index (χ0) is 13.2. The Hall–Kier alpha value is -0.340. The standard InChI is InChI=1S/C16H24BrN/c1-12(2)10-16(3)8-9-18-11-14(16)13-6-4-5-7-15(13)17/h4-7,12,14,18H,8-11H2,1-3H3. The Morgan fingerprint density at radius 1 is 1.39 bits per heavy atom. The summed E-state index contributed by atoms with van der Waals surface area (Å²) in [4.78, 5) is 0. The Morgan fingerprint density at radius 2 is 2.11 bits per heavy atom. The second-order valence-corrected chi connectivity index (χ2v) is 7.13. The van der Waals surface area contributed by atoms with Gasteiger partial charge in [0.25, 0.3) is 0 Å². The number of halogens is 1. The van der Waals surface area contributed by atoms with Crippen molar-refractivity contribution in [1.29, 1.82) is 0 Å². The van der Waals surface area contributed by atoms with Crippen LogP contribution in [0.25, 0.3) is 0 Å². The first kappa shape index (κ1) is 14.1. The molecule has 1 aromatic carbocycles. The van der Waals surface area contributed by atoms with E-state index < -0.39 is 0 Å². The molecule has 1 heterocycles. The van der Waals surface area contributed by atoms with Crippen LogP contribution in [-0.4, -0.2) is 13.1 Å². The molecule has 0 aliphatic carbocycles. The van der Waals surface area contributed by atoms with E-state index in [1.807, 2.05) is 0 Å². The molecule has 1 N–H and O–H groups in total. The van der Waals surface area contributed by atoms with Gasteiger partial charge in [-0.25, -0.2) is 0 Å². The Balaban J connectivity index is 2.31. The second kappa shape index (κ2) is 5.75. The first-order chi connectivity index (χ1) is 8.53. The summed E-state index contributed by atoms with van der Waals surface area (Å²) in [6.45, 7) is 9.41. The summed E-state index contributed by atoms with van der Waals surface area (Å²) >= 11 is 3.72. The maximum atomic E-state index is 3.72. The summed E-state index contributed by atoms with van der Waals surface area (Å²) in [5.74, 6) is 1.38. The minimum Gasteiger partial charge on any atom is -0.316 e. The van der Waals surface area contributed by atoms with Gasteiger partial charge in [0, 0.05) is 16.9 Å². The maximum absolute atomic E-state index is 3.72. The van der Waals surface area contributed by atoms with Gasteiger partial charge in [-0.2, -0.15) is 0 Å². The van der Waals surface area contributed by atoms with Crippen molar-refractivity contribution < 1.29 is 0 Å². The van der Waals surface area contributed by atoms with Crippen LogP contribution in [0.3, 0.4) is 0 Å². The lowest BCUT2D eigenvalue weighted by molar-refractivity contribution is 0.150. The molecule has 1 aromatic rings. The van der Waals surface area contributed by atoms with Gasteiger partial charge in [-0.05, 0) is 42.3 Å². The van der Waals surface area contributed by atoms with E-state index in [-0.39, 0.29) is 0 Å². The molecule has 18 heavy (non-hydrogen) atoms. The molecule has 2 unspecified atom stereocenters. The van der Waals surface area contributed by atoms with Crippen molar-refractivity contribution in [2.45, 2.75) is 39.5 Å². The van der Waals surface area contributed by atoms with Gasteiger partial charge < -0.3 is 5.32 Å². The summed E-state index contributed by atoms with van der Waals surface area (Å²) in [5, 5.41) is 3.57. The highest BCUT2D eigenvalue weighted by molar-refractivity contribution is 9.10. The fourth-order valence-corrected chi connectivity index (χ4v) is 4.02. The molecule has 0 bridgehead atoms. The fourth-order valence-electron chi connectivity index (χ4n) is 3.46. The quantitative estimate of drug-likeness (QED) is 0.862. The molecule has 0 spiro atoms. The lowest BCUT2D eigenvalue weighted by atomic mass is 9.65. The van der Waals surface area contributed by atoms with Crippen molar-refractivity contribution in [3.8, 4) is 0 Å². The van der Waals surface area contributed by atoms with Gasteiger partial charge in [0.15, 0.2) is 0 Å². The van der Waals surface area contributed by atoms with Crippen molar-refractivity contribution in [2.75, 3.05) is 13.1 Å². The van der Waals surface area contributed by atoms with Crippen molar-refractivity contribution in [1.82, 2.24) is 5.32 Å². The monoisotopic (exact) mass is 309 g/mol. The summed E-state index contributed by atoms with van der Waals surface area (Å²) in [5.41, 5.74) is 1.89. The average Bonchev–Trinajstić information content (AvgIpc) is 2.29. The lowest BCUT2D eigenvalue weighted by Gasteiger charge is -2.44. The molecule has 0 saturated carbocycles. The van der Waals surface area contributed by atoms with E-state index >= 15 is 0 Å². The molecule has 2 atom stereocenters. The molecular formula is C16H24BrN. The molecule has 0 radical (unpaired) electrons. The van der Waals surface area contributed by atoms with Crippen LogP contribution in [0.15, 0.2) is 28.7 Å².